The molecule has 0 bridgehead atoms. The fraction of sp³-hybridized carbons (Fsp3) is 0.588. The zero-order valence-corrected chi connectivity index (χ0v) is 14.0. The Morgan fingerprint density at radius 2 is 1.65 bits per heavy atom. The van der Waals surface area contributed by atoms with Gasteiger partial charge in [-0.15, -0.1) is 11.6 Å². The number of aryl methyl sites for hydroxylation is 3. The van der Waals surface area contributed by atoms with Crippen molar-refractivity contribution in [3.63, 3.8) is 0 Å². The summed E-state index contributed by atoms with van der Waals surface area (Å²) >= 11 is 6.37. The number of nitrogens with one attached hydrogen (secondary N) is 1. The minimum absolute atomic E-state index is 0.00000982. The second kappa shape index (κ2) is 7.68. The molecule has 1 amide bonds. The number of alkyl halides is 1. The van der Waals surface area contributed by atoms with Crippen molar-refractivity contribution >= 4 is 17.5 Å². The van der Waals surface area contributed by atoms with Crippen LogP contribution < -0.4 is 5.32 Å². The summed E-state index contributed by atoms with van der Waals surface area (Å²) in [7, 11) is 0. The molecule has 0 aliphatic rings. The zero-order chi connectivity index (χ0) is 15.3. The normalized spacial score (nSPS) is 12.6. The molecule has 0 fully saturated rings. The Balaban J connectivity index is 2.73. The molecule has 0 radical (unpaired) electrons. The van der Waals surface area contributed by atoms with Gasteiger partial charge in [-0.2, -0.15) is 0 Å². The number of halogens is 1. The molecule has 1 unspecified atom stereocenters. The average Bonchev–Trinajstić information content (AvgIpc) is 2.36. The van der Waals surface area contributed by atoms with Crippen LogP contribution in [0.5, 0.6) is 0 Å². The molecule has 20 heavy (non-hydrogen) atoms. The lowest BCUT2D eigenvalue weighted by Crippen LogP contribution is -2.33. The minimum atomic E-state index is -0.0170. The summed E-state index contributed by atoms with van der Waals surface area (Å²) in [6.07, 6.45) is 2.09. The topological polar surface area (TPSA) is 29.1 Å². The Hall–Kier alpha value is -1.02. The lowest BCUT2D eigenvalue weighted by atomic mass is 9.97. The number of carbonyl (C=O) groups is 1. The first-order valence-corrected chi connectivity index (χ1v) is 7.84. The SMILES string of the molecule is CCC(CC)C(Cl)CNC(=O)c1c(C)cc(C)cc1C. The quantitative estimate of drug-likeness (QED) is 0.775. The van der Waals surface area contributed by atoms with E-state index >= 15 is 0 Å². The van der Waals surface area contributed by atoms with E-state index in [2.05, 4.69) is 19.2 Å². The Labute approximate surface area is 127 Å². The van der Waals surface area contributed by atoms with E-state index in [0.717, 1.165) is 29.5 Å². The smallest absolute Gasteiger partial charge is 0.251 e. The van der Waals surface area contributed by atoms with E-state index < -0.39 is 0 Å². The predicted octanol–water partition coefficient (Wildman–Crippen LogP) is 4.39. The first kappa shape index (κ1) is 17.0. The van der Waals surface area contributed by atoms with Gasteiger partial charge in [-0.25, -0.2) is 0 Å². The number of hydrogen-bond acceptors (Lipinski definition) is 1. The summed E-state index contributed by atoms with van der Waals surface area (Å²) in [5.74, 6) is 0.439. The maximum absolute atomic E-state index is 12.3. The third-order valence-corrected chi connectivity index (χ3v) is 4.43. The summed E-state index contributed by atoms with van der Waals surface area (Å²) in [5.41, 5.74) is 4.01. The lowest BCUT2D eigenvalue weighted by Gasteiger charge is -2.20. The number of carbonyl (C=O) groups excluding carboxylic acids is 1. The maximum Gasteiger partial charge on any atom is 0.251 e. The fourth-order valence-electron chi connectivity index (χ4n) is 2.78. The van der Waals surface area contributed by atoms with Crippen LogP contribution >= 0.6 is 11.6 Å². The minimum Gasteiger partial charge on any atom is -0.351 e. The molecule has 0 saturated carbocycles. The van der Waals surface area contributed by atoms with Crippen LogP contribution in [0, 0.1) is 26.7 Å². The van der Waals surface area contributed by atoms with Crippen LogP contribution in [0.3, 0.4) is 0 Å². The third-order valence-electron chi connectivity index (χ3n) is 3.92. The van der Waals surface area contributed by atoms with Gasteiger partial charge in [0.15, 0.2) is 0 Å². The molecule has 0 aliphatic heterocycles. The van der Waals surface area contributed by atoms with E-state index in [9.17, 15) is 4.79 Å². The first-order valence-electron chi connectivity index (χ1n) is 7.40. The molecule has 0 saturated heterocycles. The van der Waals surface area contributed by atoms with Gasteiger partial charge in [-0.05, 0) is 37.8 Å². The summed E-state index contributed by atoms with van der Waals surface area (Å²) in [5, 5.41) is 2.98. The van der Waals surface area contributed by atoms with Crippen molar-refractivity contribution in [2.24, 2.45) is 5.92 Å². The molecule has 1 rings (SSSR count). The van der Waals surface area contributed by atoms with Gasteiger partial charge in [0.2, 0.25) is 0 Å². The van der Waals surface area contributed by atoms with Crippen LogP contribution in [-0.4, -0.2) is 17.8 Å². The van der Waals surface area contributed by atoms with E-state index in [-0.39, 0.29) is 11.3 Å². The van der Waals surface area contributed by atoms with Gasteiger partial charge in [0, 0.05) is 12.1 Å². The second-order valence-electron chi connectivity index (χ2n) is 5.58. The van der Waals surface area contributed by atoms with Crippen LogP contribution in [0.15, 0.2) is 12.1 Å². The summed E-state index contributed by atoms with van der Waals surface area (Å²) in [6, 6.07) is 4.09. The van der Waals surface area contributed by atoms with Crippen molar-refractivity contribution in [2.45, 2.75) is 52.8 Å². The number of rotatable bonds is 6. The van der Waals surface area contributed by atoms with Gasteiger partial charge >= 0.3 is 0 Å². The van der Waals surface area contributed by atoms with E-state index in [1.165, 1.54) is 5.56 Å². The summed E-state index contributed by atoms with van der Waals surface area (Å²) in [4.78, 5) is 12.3. The second-order valence-corrected chi connectivity index (χ2v) is 6.14. The average molecular weight is 296 g/mol. The van der Waals surface area contributed by atoms with Gasteiger partial charge in [-0.1, -0.05) is 44.4 Å². The Bertz CT molecular complexity index is 443. The molecule has 0 heterocycles. The van der Waals surface area contributed by atoms with Crippen LogP contribution in [0.25, 0.3) is 0 Å². The van der Waals surface area contributed by atoms with Crippen molar-refractivity contribution in [2.75, 3.05) is 6.54 Å². The molecule has 1 N–H and O–H groups in total. The van der Waals surface area contributed by atoms with Crippen molar-refractivity contribution in [1.82, 2.24) is 5.32 Å². The Morgan fingerprint density at radius 1 is 1.15 bits per heavy atom. The van der Waals surface area contributed by atoms with Crippen LogP contribution in [-0.2, 0) is 0 Å². The molecule has 2 nitrogen and oxygen atoms in total. The van der Waals surface area contributed by atoms with Gasteiger partial charge in [-0.3, -0.25) is 4.79 Å². The molecule has 0 spiro atoms. The predicted molar refractivity (Wildman–Crippen MR) is 86.7 cm³/mol. The monoisotopic (exact) mass is 295 g/mol. The van der Waals surface area contributed by atoms with Crippen molar-refractivity contribution < 1.29 is 4.79 Å². The lowest BCUT2D eigenvalue weighted by molar-refractivity contribution is 0.0950. The highest BCUT2D eigenvalue weighted by molar-refractivity contribution is 6.21. The standard InChI is InChI=1S/C17H26ClNO/c1-6-14(7-2)15(18)10-19-17(20)16-12(4)8-11(3)9-13(16)5/h8-9,14-15H,6-7,10H2,1-5H3,(H,19,20). The molecule has 0 aliphatic carbocycles. The molecular weight excluding hydrogens is 270 g/mol. The molecule has 3 heteroatoms. The summed E-state index contributed by atoms with van der Waals surface area (Å²) in [6.45, 7) is 10.8. The zero-order valence-electron chi connectivity index (χ0n) is 13.2. The van der Waals surface area contributed by atoms with E-state index in [4.69, 9.17) is 11.6 Å². The first-order chi connectivity index (χ1) is 9.40. The van der Waals surface area contributed by atoms with Gasteiger partial charge < -0.3 is 5.32 Å². The van der Waals surface area contributed by atoms with Crippen LogP contribution in [0.1, 0.15) is 53.7 Å². The molecule has 1 aromatic carbocycles. The van der Waals surface area contributed by atoms with Crippen molar-refractivity contribution in [1.29, 1.82) is 0 Å². The van der Waals surface area contributed by atoms with Gasteiger partial charge in [0.05, 0.1) is 5.38 Å². The maximum atomic E-state index is 12.3. The van der Waals surface area contributed by atoms with Gasteiger partial charge in [0.25, 0.3) is 5.91 Å². The third kappa shape index (κ3) is 4.24. The highest BCUT2D eigenvalue weighted by Crippen LogP contribution is 2.19. The number of hydrogen-bond donors (Lipinski definition) is 1. The molecule has 1 aromatic rings. The fourth-order valence-corrected chi connectivity index (χ4v) is 3.22. The largest absolute Gasteiger partial charge is 0.351 e. The Kier molecular flexibility index (Phi) is 6.54. The molecular formula is C17H26ClNO. The number of benzene rings is 1. The highest BCUT2D eigenvalue weighted by atomic mass is 35.5. The summed E-state index contributed by atoms with van der Waals surface area (Å²) < 4.78 is 0. The van der Waals surface area contributed by atoms with E-state index in [1.54, 1.807) is 0 Å². The van der Waals surface area contributed by atoms with Crippen molar-refractivity contribution in [3.05, 3.63) is 34.4 Å². The molecule has 1 atom stereocenters. The Morgan fingerprint density at radius 3 is 2.10 bits per heavy atom. The number of amides is 1. The molecule has 112 valence electrons. The van der Waals surface area contributed by atoms with Crippen LogP contribution in [0.2, 0.25) is 0 Å². The molecule has 0 aromatic heterocycles. The van der Waals surface area contributed by atoms with Gasteiger partial charge in [0.1, 0.15) is 0 Å². The van der Waals surface area contributed by atoms with E-state index in [0.29, 0.717) is 12.5 Å². The highest BCUT2D eigenvalue weighted by Gasteiger charge is 2.18. The van der Waals surface area contributed by atoms with E-state index in [1.807, 2.05) is 32.9 Å². The van der Waals surface area contributed by atoms with Crippen molar-refractivity contribution in [3.8, 4) is 0 Å². The van der Waals surface area contributed by atoms with Crippen LogP contribution in [0.4, 0.5) is 0 Å².